The minimum absolute atomic E-state index is 0.133. The first-order chi connectivity index (χ1) is 16.1. The smallest absolute Gasteiger partial charge is 0.255 e. The van der Waals surface area contributed by atoms with Crippen molar-refractivity contribution in [3.8, 4) is 0 Å². The van der Waals surface area contributed by atoms with Crippen LogP contribution in [0.1, 0.15) is 58.4 Å². The Hall–Kier alpha value is -3.26. The fourth-order valence-corrected chi connectivity index (χ4v) is 4.87. The second-order valence-electron chi connectivity index (χ2n) is 9.01. The van der Waals surface area contributed by atoms with Gasteiger partial charge in [0.2, 0.25) is 11.8 Å². The number of aromatic nitrogens is 1. The topological polar surface area (TPSA) is 103 Å². The minimum Gasteiger partial charge on any atom is -0.370 e. The van der Waals surface area contributed by atoms with Gasteiger partial charge in [-0.1, -0.05) is 18.2 Å². The van der Waals surface area contributed by atoms with Gasteiger partial charge in [0.25, 0.3) is 5.91 Å². The maximum absolute atomic E-state index is 12.8. The molecule has 33 heavy (non-hydrogen) atoms. The van der Waals surface area contributed by atoms with E-state index in [0.717, 1.165) is 61.5 Å². The molecule has 2 aromatic rings. The quantitative estimate of drug-likeness (QED) is 0.443. The highest BCUT2D eigenvalue weighted by atomic mass is 16.2. The van der Waals surface area contributed by atoms with Crippen molar-refractivity contribution in [2.75, 3.05) is 18.4 Å². The molecule has 5 rings (SSSR count). The summed E-state index contributed by atoms with van der Waals surface area (Å²) in [5.41, 5.74) is 5.14. The van der Waals surface area contributed by atoms with Crippen molar-refractivity contribution in [2.45, 2.75) is 57.7 Å². The van der Waals surface area contributed by atoms with Gasteiger partial charge in [-0.2, -0.15) is 0 Å². The Morgan fingerprint density at radius 3 is 2.88 bits per heavy atom. The second kappa shape index (κ2) is 9.31. The number of rotatable bonds is 7. The molecule has 0 bridgehead atoms. The third-order valence-electron chi connectivity index (χ3n) is 6.66. The molecule has 0 aliphatic carbocycles. The fourth-order valence-electron chi connectivity index (χ4n) is 4.87. The lowest BCUT2D eigenvalue weighted by molar-refractivity contribution is -0.136. The molecule has 3 amide bonds. The van der Waals surface area contributed by atoms with Crippen molar-refractivity contribution < 1.29 is 14.4 Å². The van der Waals surface area contributed by atoms with Crippen molar-refractivity contribution in [1.29, 1.82) is 0 Å². The van der Waals surface area contributed by atoms with Gasteiger partial charge in [-0.05, 0) is 67.5 Å². The van der Waals surface area contributed by atoms with Gasteiger partial charge >= 0.3 is 0 Å². The molecule has 1 unspecified atom stereocenters. The van der Waals surface area contributed by atoms with E-state index in [4.69, 9.17) is 4.98 Å². The first-order valence-electron chi connectivity index (χ1n) is 11.8. The molecule has 0 saturated carbocycles. The predicted molar refractivity (Wildman–Crippen MR) is 124 cm³/mol. The third-order valence-corrected chi connectivity index (χ3v) is 6.66. The van der Waals surface area contributed by atoms with E-state index in [1.54, 1.807) is 4.90 Å². The van der Waals surface area contributed by atoms with E-state index in [9.17, 15) is 14.4 Å². The van der Waals surface area contributed by atoms with Crippen molar-refractivity contribution in [2.24, 2.45) is 0 Å². The highest BCUT2D eigenvalue weighted by Gasteiger charge is 2.39. The molecule has 1 aromatic heterocycles. The van der Waals surface area contributed by atoms with Crippen LogP contribution >= 0.6 is 0 Å². The van der Waals surface area contributed by atoms with Crippen LogP contribution in [0, 0.1) is 0 Å². The van der Waals surface area contributed by atoms with E-state index in [0.29, 0.717) is 18.5 Å². The van der Waals surface area contributed by atoms with Crippen molar-refractivity contribution >= 4 is 23.5 Å². The van der Waals surface area contributed by atoms with Gasteiger partial charge in [-0.3, -0.25) is 19.7 Å². The molecule has 4 heterocycles. The number of nitrogens with one attached hydrogen (secondary N) is 3. The molecular weight excluding hydrogens is 418 g/mol. The summed E-state index contributed by atoms with van der Waals surface area (Å²) in [6.45, 7) is 3.01. The van der Waals surface area contributed by atoms with Crippen LogP contribution in [0.25, 0.3) is 0 Å². The number of benzene rings is 1. The van der Waals surface area contributed by atoms with Gasteiger partial charge < -0.3 is 15.5 Å². The van der Waals surface area contributed by atoms with Crippen LogP contribution in [0.15, 0.2) is 30.3 Å². The van der Waals surface area contributed by atoms with Gasteiger partial charge in [0.15, 0.2) is 0 Å². The normalized spacial score (nSPS) is 19.7. The summed E-state index contributed by atoms with van der Waals surface area (Å²) in [6.07, 6.45) is 4.86. The van der Waals surface area contributed by atoms with Gasteiger partial charge in [-0.25, -0.2) is 4.98 Å². The molecule has 1 fully saturated rings. The van der Waals surface area contributed by atoms with E-state index >= 15 is 0 Å². The Morgan fingerprint density at radius 2 is 2.00 bits per heavy atom. The highest BCUT2D eigenvalue weighted by molar-refractivity contribution is 6.05. The zero-order valence-corrected chi connectivity index (χ0v) is 18.7. The summed E-state index contributed by atoms with van der Waals surface area (Å²) in [5, 5.41) is 9.21. The average Bonchev–Trinajstić information content (AvgIpc) is 3.14. The van der Waals surface area contributed by atoms with Crippen molar-refractivity contribution in [1.82, 2.24) is 20.5 Å². The fraction of sp³-hybridized carbons (Fsp3) is 0.440. The lowest BCUT2D eigenvalue weighted by Gasteiger charge is -2.29. The molecule has 3 aliphatic rings. The summed E-state index contributed by atoms with van der Waals surface area (Å²) in [7, 11) is 0. The standard InChI is InChI=1S/C25H29N5O3/c31-22-10-9-21(24(32)29-22)30-15-18-13-16(5-8-20(18)25(30)33)14-26-11-2-4-19-7-6-17-3-1-12-27-23(17)28-19/h5-8,13,21,26H,1-4,9-12,14-15H2,(H,27,28)(H,29,31,32). The molecule has 172 valence electrons. The molecule has 3 N–H and O–H groups in total. The molecule has 8 nitrogen and oxygen atoms in total. The van der Waals surface area contributed by atoms with Crippen molar-refractivity contribution in [3.05, 3.63) is 58.3 Å². The summed E-state index contributed by atoms with van der Waals surface area (Å²) in [4.78, 5) is 42.7. The van der Waals surface area contributed by atoms with Crippen LogP contribution in [0.3, 0.4) is 0 Å². The number of fused-ring (bicyclic) bond motifs is 2. The van der Waals surface area contributed by atoms with Crippen LogP contribution in [-0.2, 0) is 35.5 Å². The first kappa shape index (κ1) is 21.6. The third kappa shape index (κ3) is 4.61. The summed E-state index contributed by atoms with van der Waals surface area (Å²) < 4.78 is 0. The van der Waals surface area contributed by atoms with E-state index in [-0.39, 0.29) is 24.1 Å². The number of hydrogen-bond donors (Lipinski definition) is 3. The van der Waals surface area contributed by atoms with Gasteiger partial charge in [-0.15, -0.1) is 0 Å². The number of imide groups is 1. The Balaban J connectivity index is 1.11. The zero-order valence-electron chi connectivity index (χ0n) is 18.7. The number of carbonyl (C=O) groups excluding carboxylic acids is 3. The number of aryl methyl sites for hydroxylation is 2. The number of piperidine rings is 1. The largest absolute Gasteiger partial charge is 0.370 e. The van der Waals surface area contributed by atoms with Crippen LogP contribution in [0.4, 0.5) is 5.82 Å². The Bertz CT molecular complexity index is 1100. The van der Waals surface area contributed by atoms with Crippen LogP contribution in [0.2, 0.25) is 0 Å². The van der Waals surface area contributed by atoms with Crippen LogP contribution in [0.5, 0.6) is 0 Å². The molecule has 3 aliphatic heterocycles. The number of carbonyl (C=O) groups is 3. The summed E-state index contributed by atoms with van der Waals surface area (Å²) in [6, 6.07) is 9.62. The van der Waals surface area contributed by atoms with E-state index in [2.05, 4.69) is 28.1 Å². The van der Waals surface area contributed by atoms with Crippen molar-refractivity contribution in [3.63, 3.8) is 0 Å². The average molecular weight is 448 g/mol. The Morgan fingerprint density at radius 1 is 1.09 bits per heavy atom. The molecule has 0 radical (unpaired) electrons. The maximum Gasteiger partial charge on any atom is 0.255 e. The minimum atomic E-state index is -0.573. The van der Waals surface area contributed by atoms with Gasteiger partial charge in [0.05, 0.1) is 0 Å². The molecule has 0 spiro atoms. The van der Waals surface area contributed by atoms with E-state index in [1.165, 1.54) is 12.0 Å². The number of amides is 3. The predicted octanol–water partition coefficient (Wildman–Crippen LogP) is 1.92. The lowest BCUT2D eigenvalue weighted by Crippen LogP contribution is -2.52. The molecule has 1 saturated heterocycles. The molecule has 1 aromatic carbocycles. The van der Waals surface area contributed by atoms with Gasteiger partial charge in [0.1, 0.15) is 11.9 Å². The zero-order chi connectivity index (χ0) is 22.8. The molecule has 1 atom stereocenters. The monoisotopic (exact) mass is 447 g/mol. The number of pyridine rings is 1. The Labute approximate surface area is 193 Å². The van der Waals surface area contributed by atoms with E-state index < -0.39 is 6.04 Å². The highest BCUT2D eigenvalue weighted by Crippen LogP contribution is 2.28. The lowest BCUT2D eigenvalue weighted by atomic mass is 10.0. The maximum atomic E-state index is 12.8. The number of hydrogen-bond acceptors (Lipinski definition) is 6. The summed E-state index contributed by atoms with van der Waals surface area (Å²) in [5.74, 6) is 0.267. The molecule has 8 heteroatoms. The van der Waals surface area contributed by atoms with Gasteiger partial charge in [0, 0.05) is 37.3 Å². The summed E-state index contributed by atoms with van der Waals surface area (Å²) >= 11 is 0. The van der Waals surface area contributed by atoms with E-state index in [1.807, 2.05) is 18.2 Å². The Kier molecular flexibility index (Phi) is 6.09. The first-order valence-corrected chi connectivity index (χ1v) is 11.8. The number of nitrogens with zero attached hydrogens (tertiary/aromatic N) is 2. The second-order valence-corrected chi connectivity index (χ2v) is 9.01. The SMILES string of the molecule is O=C1CCC(N2Cc3cc(CNCCCc4ccc5c(n4)NCCC5)ccc3C2=O)C(=O)N1. The number of anilines is 1. The van der Waals surface area contributed by atoms with Crippen LogP contribution < -0.4 is 16.0 Å². The molecular formula is C25H29N5O3. The van der Waals surface area contributed by atoms with Crippen LogP contribution in [-0.4, -0.2) is 46.7 Å².